The second kappa shape index (κ2) is 8.89. The van der Waals surface area contributed by atoms with E-state index in [2.05, 4.69) is 25.9 Å². The van der Waals surface area contributed by atoms with Crippen molar-refractivity contribution in [1.82, 2.24) is 15.3 Å². The van der Waals surface area contributed by atoms with Gasteiger partial charge in [0.15, 0.2) is 0 Å². The normalized spacial score (nSPS) is 11.7. The number of urea groups is 1. The van der Waals surface area contributed by atoms with Gasteiger partial charge in [-0.25, -0.2) is 9.18 Å². The molecule has 0 aliphatic carbocycles. The third-order valence-corrected chi connectivity index (χ3v) is 3.52. The van der Waals surface area contributed by atoms with E-state index in [-0.39, 0.29) is 23.6 Å². The number of anilines is 2. The van der Waals surface area contributed by atoms with Crippen LogP contribution in [0.1, 0.15) is 26.5 Å². The standard InChI is InChI=1S/C18H22FN5O2/c1-11(2)17(25)24-16-9-13(4-5-15(16)19)23-18(26)22-12(3)8-14-10-20-6-7-21-14/h4-7,9-12H,8H2,1-3H3,(H,24,25)(H2,22,23,26)/t12-/m0/s1. The van der Waals surface area contributed by atoms with E-state index >= 15 is 0 Å². The molecule has 0 spiro atoms. The van der Waals surface area contributed by atoms with Crippen molar-refractivity contribution in [3.05, 3.63) is 48.3 Å². The topological polar surface area (TPSA) is 96.0 Å². The number of amides is 3. The number of aromatic nitrogens is 2. The summed E-state index contributed by atoms with van der Waals surface area (Å²) in [6.07, 6.45) is 5.34. The molecule has 0 radical (unpaired) electrons. The summed E-state index contributed by atoms with van der Waals surface area (Å²) in [6.45, 7) is 5.26. The molecule has 0 fully saturated rings. The van der Waals surface area contributed by atoms with Crippen LogP contribution in [0.4, 0.5) is 20.6 Å². The summed E-state index contributed by atoms with van der Waals surface area (Å²) >= 11 is 0. The lowest BCUT2D eigenvalue weighted by Gasteiger charge is -2.15. The number of carbonyl (C=O) groups excluding carboxylic acids is 2. The molecule has 2 aromatic rings. The Kier molecular flexibility index (Phi) is 6.60. The van der Waals surface area contributed by atoms with Crippen molar-refractivity contribution < 1.29 is 14.0 Å². The second-order valence-electron chi connectivity index (χ2n) is 6.24. The zero-order valence-electron chi connectivity index (χ0n) is 14.9. The number of halogens is 1. The average molecular weight is 359 g/mol. The molecule has 138 valence electrons. The molecule has 0 saturated carbocycles. The Morgan fingerprint density at radius 2 is 1.92 bits per heavy atom. The Labute approximate surface area is 151 Å². The van der Waals surface area contributed by atoms with Crippen molar-refractivity contribution >= 4 is 23.3 Å². The largest absolute Gasteiger partial charge is 0.335 e. The molecule has 0 unspecified atom stereocenters. The van der Waals surface area contributed by atoms with Gasteiger partial charge in [-0.15, -0.1) is 0 Å². The Morgan fingerprint density at radius 3 is 2.58 bits per heavy atom. The molecule has 8 heteroatoms. The van der Waals surface area contributed by atoms with Gasteiger partial charge in [-0.05, 0) is 25.1 Å². The van der Waals surface area contributed by atoms with Crippen molar-refractivity contribution in [2.45, 2.75) is 33.2 Å². The van der Waals surface area contributed by atoms with Gasteiger partial charge in [0, 0.05) is 42.7 Å². The van der Waals surface area contributed by atoms with E-state index in [0.717, 1.165) is 5.69 Å². The summed E-state index contributed by atoms with van der Waals surface area (Å²) < 4.78 is 13.8. The van der Waals surface area contributed by atoms with Gasteiger partial charge in [0.2, 0.25) is 5.91 Å². The van der Waals surface area contributed by atoms with Crippen LogP contribution in [0.2, 0.25) is 0 Å². The average Bonchev–Trinajstić information content (AvgIpc) is 2.58. The highest BCUT2D eigenvalue weighted by Crippen LogP contribution is 2.20. The SMILES string of the molecule is CC(C)C(=O)Nc1cc(NC(=O)N[C@@H](C)Cc2cnccn2)ccc1F. The molecule has 3 amide bonds. The Balaban J connectivity index is 1.95. The van der Waals surface area contributed by atoms with Gasteiger partial charge in [-0.3, -0.25) is 14.8 Å². The van der Waals surface area contributed by atoms with Gasteiger partial charge < -0.3 is 16.0 Å². The van der Waals surface area contributed by atoms with Gasteiger partial charge in [-0.2, -0.15) is 0 Å². The van der Waals surface area contributed by atoms with Gasteiger partial charge >= 0.3 is 6.03 Å². The highest BCUT2D eigenvalue weighted by atomic mass is 19.1. The van der Waals surface area contributed by atoms with Gasteiger partial charge in [0.05, 0.1) is 11.4 Å². The second-order valence-corrected chi connectivity index (χ2v) is 6.24. The molecule has 2 rings (SSSR count). The third kappa shape index (κ3) is 5.80. The number of rotatable bonds is 6. The van der Waals surface area contributed by atoms with Gasteiger partial charge in [-0.1, -0.05) is 13.8 Å². The van der Waals surface area contributed by atoms with E-state index in [4.69, 9.17) is 0 Å². The quantitative estimate of drug-likeness (QED) is 0.739. The number of carbonyl (C=O) groups is 2. The van der Waals surface area contributed by atoms with Crippen LogP contribution >= 0.6 is 0 Å². The van der Waals surface area contributed by atoms with Crippen molar-refractivity contribution in [1.29, 1.82) is 0 Å². The third-order valence-electron chi connectivity index (χ3n) is 3.52. The van der Waals surface area contributed by atoms with Crippen molar-refractivity contribution in [2.24, 2.45) is 5.92 Å². The maximum Gasteiger partial charge on any atom is 0.319 e. The predicted octanol–water partition coefficient (Wildman–Crippen LogP) is 2.96. The molecule has 1 aromatic carbocycles. The van der Waals surface area contributed by atoms with Crippen LogP contribution in [-0.4, -0.2) is 27.9 Å². The zero-order chi connectivity index (χ0) is 19.1. The van der Waals surface area contributed by atoms with Crippen LogP contribution < -0.4 is 16.0 Å². The smallest absolute Gasteiger partial charge is 0.319 e. The first-order valence-electron chi connectivity index (χ1n) is 8.28. The molecule has 3 N–H and O–H groups in total. The lowest BCUT2D eigenvalue weighted by molar-refractivity contribution is -0.118. The molecule has 7 nitrogen and oxygen atoms in total. The fraction of sp³-hybridized carbons (Fsp3) is 0.333. The first-order chi connectivity index (χ1) is 12.3. The lowest BCUT2D eigenvalue weighted by Crippen LogP contribution is -2.37. The van der Waals surface area contributed by atoms with E-state index in [1.54, 1.807) is 32.4 Å². The van der Waals surface area contributed by atoms with Gasteiger partial charge in [0.25, 0.3) is 0 Å². The summed E-state index contributed by atoms with van der Waals surface area (Å²) in [5, 5.41) is 7.89. The van der Waals surface area contributed by atoms with E-state index < -0.39 is 11.8 Å². The maximum atomic E-state index is 13.8. The van der Waals surface area contributed by atoms with Crippen LogP contribution in [0.5, 0.6) is 0 Å². The molecular weight excluding hydrogens is 337 g/mol. The highest BCUT2D eigenvalue weighted by Gasteiger charge is 2.13. The molecule has 1 atom stereocenters. The lowest BCUT2D eigenvalue weighted by atomic mass is 10.2. The van der Waals surface area contributed by atoms with Crippen LogP contribution in [0.25, 0.3) is 0 Å². The fourth-order valence-electron chi connectivity index (χ4n) is 2.17. The summed E-state index contributed by atoms with van der Waals surface area (Å²) in [5.41, 5.74) is 1.16. The fourth-order valence-corrected chi connectivity index (χ4v) is 2.17. The van der Waals surface area contributed by atoms with E-state index in [9.17, 15) is 14.0 Å². The van der Waals surface area contributed by atoms with Crippen LogP contribution in [0.3, 0.4) is 0 Å². The highest BCUT2D eigenvalue weighted by molar-refractivity contribution is 5.94. The minimum atomic E-state index is -0.569. The number of nitrogens with zero attached hydrogens (tertiary/aromatic N) is 2. The maximum absolute atomic E-state index is 13.8. The molecule has 0 bridgehead atoms. The molecule has 0 aliphatic heterocycles. The van der Waals surface area contributed by atoms with Crippen molar-refractivity contribution in [3.8, 4) is 0 Å². The van der Waals surface area contributed by atoms with Crippen molar-refractivity contribution in [2.75, 3.05) is 10.6 Å². The first kappa shape index (κ1) is 19.3. The van der Waals surface area contributed by atoms with E-state index in [1.165, 1.54) is 18.2 Å². The molecule has 0 aliphatic rings. The molecule has 1 heterocycles. The zero-order valence-corrected chi connectivity index (χ0v) is 14.9. The monoisotopic (exact) mass is 359 g/mol. The number of hydrogen-bond donors (Lipinski definition) is 3. The van der Waals surface area contributed by atoms with Crippen molar-refractivity contribution in [3.63, 3.8) is 0 Å². The summed E-state index contributed by atoms with van der Waals surface area (Å²) in [6, 6.07) is 3.38. The molecule has 0 saturated heterocycles. The van der Waals surface area contributed by atoms with E-state index in [0.29, 0.717) is 12.1 Å². The summed E-state index contributed by atoms with van der Waals surface area (Å²) in [4.78, 5) is 32.0. The Morgan fingerprint density at radius 1 is 1.15 bits per heavy atom. The Hall–Kier alpha value is -3.03. The predicted molar refractivity (Wildman–Crippen MR) is 97.2 cm³/mol. The number of hydrogen-bond acceptors (Lipinski definition) is 4. The minimum absolute atomic E-state index is 0.0223. The van der Waals surface area contributed by atoms with Crippen LogP contribution in [-0.2, 0) is 11.2 Å². The minimum Gasteiger partial charge on any atom is -0.335 e. The number of nitrogens with one attached hydrogen (secondary N) is 3. The molecule has 26 heavy (non-hydrogen) atoms. The summed E-state index contributed by atoms with van der Waals surface area (Å²) in [5.74, 6) is -1.15. The van der Waals surface area contributed by atoms with E-state index in [1.807, 2.05) is 6.92 Å². The Bertz CT molecular complexity index is 767. The van der Waals surface area contributed by atoms with Gasteiger partial charge in [0.1, 0.15) is 5.82 Å². The number of benzene rings is 1. The molecule has 1 aromatic heterocycles. The first-order valence-corrected chi connectivity index (χ1v) is 8.28. The summed E-state index contributed by atoms with van der Waals surface area (Å²) in [7, 11) is 0. The van der Waals surface area contributed by atoms with Crippen LogP contribution in [0, 0.1) is 11.7 Å². The molecular formula is C18H22FN5O2. The van der Waals surface area contributed by atoms with Crippen LogP contribution in [0.15, 0.2) is 36.8 Å².